The SMILES string of the molecule is CC(C)(C)OC(=O)N1CC=Cc2ccnc(Cl)c2C1. The minimum absolute atomic E-state index is 0.343. The molecule has 19 heavy (non-hydrogen) atoms. The summed E-state index contributed by atoms with van der Waals surface area (Å²) in [5.41, 5.74) is 1.34. The molecule has 0 unspecified atom stereocenters. The van der Waals surface area contributed by atoms with Gasteiger partial charge in [0, 0.05) is 18.3 Å². The van der Waals surface area contributed by atoms with Crippen molar-refractivity contribution in [2.75, 3.05) is 6.54 Å². The Morgan fingerprint density at radius 3 is 2.89 bits per heavy atom. The lowest BCUT2D eigenvalue weighted by Gasteiger charge is -2.26. The quantitative estimate of drug-likeness (QED) is 0.683. The molecule has 2 heterocycles. The number of rotatable bonds is 0. The van der Waals surface area contributed by atoms with Crippen LogP contribution in [0.1, 0.15) is 31.9 Å². The molecule has 1 aromatic heterocycles. The second-order valence-electron chi connectivity index (χ2n) is 5.43. The summed E-state index contributed by atoms with van der Waals surface area (Å²) in [7, 11) is 0. The second kappa shape index (κ2) is 5.21. The molecular weight excluding hydrogens is 264 g/mol. The zero-order valence-electron chi connectivity index (χ0n) is 11.3. The van der Waals surface area contributed by atoms with Crippen molar-refractivity contribution in [3.63, 3.8) is 0 Å². The van der Waals surface area contributed by atoms with Crippen LogP contribution in [0.4, 0.5) is 4.79 Å². The van der Waals surface area contributed by atoms with E-state index in [0.717, 1.165) is 11.1 Å². The number of hydrogen-bond donors (Lipinski definition) is 0. The molecule has 2 rings (SSSR count). The van der Waals surface area contributed by atoms with Gasteiger partial charge in [-0.05, 0) is 32.4 Å². The van der Waals surface area contributed by atoms with E-state index in [1.54, 1.807) is 11.1 Å². The van der Waals surface area contributed by atoms with Crippen LogP contribution < -0.4 is 0 Å². The number of halogens is 1. The molecule has 0 saturated heterocycles. The van der Waals surface area contributed by atoms with Crippen LogP contribution in [0, 0.1) is 0 Å². The topological polar surface area (TPSA) is 42.4 Å². The second-order valence-corrected chi connectivity index (χ2v) is 5.79. The summed E-state index contributed by atoms with van der Waals surface area (Å²) in [5.74, 6) is 0. The van der Waals surface area contributed by atoms with E-state index in [1.165, 1.54) is 0 Å². The zero-order chi connectivity index (χ0) is 14.0. The molecule has 0 radical (unpaired) electrons. The Hall–Kier alpha value is -1.55. The zero-order valence-corrected chi connectivity index (χ0v) is 12.1. The summed E-state index contributed by atoms with van der Waals surface area (Å²) in [6.07, 6.45) is 5.19. The van der Waals surface area contributed by atoms with E-state index >= 15 is 0 Å². The van der Waals surface area contributed by atoms with Gasteiger partial charge in [0.05, 0.1) is 6.54 Å². The van der Waals surface area contributed by atoms with Gasteiger partial charge in [-0.25, -0.2) is 9.78 Å². The van der Waals surface area contributed by atoms with Gasteiger partial charge in [0.2, 0.25) is 0 Å². The van der Waals surface area contributed by atoms with Gasteiger partial charge in [-0.1, -0.05) is 23.8 Å². The lowest BCUT2D eigenvalue weighted by Crippen LogP contribution is -2.36. The molecule has 0 atom stereocenters. The van der Waals surface area contributed by atoms with Crippen LogP contribution in [-0.4, -0.2) is 28.1 Å². The molecule has 0 spiro atoms. The molecule has 0 N–H and O–H groups in total. The number of nitrogens with zero attached hydrogens (tertiary/aromatic N) is 2. The number of carbonyl (C=O) groups is 1. The van der Waals surface area contributed by atoms with Gasteiger partial charge in [-0.2, -0.15) is 0 Å². The van der Waals surface area contributed by atoms with E-state index in [2.05, 4.69) is 4.98 Å². The molecule has 4 nitrogen and oxygen atoms in total. The highest BCUT2D eigenvalue weighted by atomic mass is 35.5. The van der Waals surface area contributed by atoms with Crippen molar-refractivity contribution in [3.8, 4) is 0 Å². The third-order valence-corrected chi connectivity index (χ3v) is 2.99. The maximum atomic E-state index is 12.1. The molecule has 102 valence electrons. The Labute approximate surface area is 118 Å². The summed E-state index contributed by atoms with van der Waals surface area (Å²) >= 11 is 6.09. The standard InChI is InChI=1S/C14H17ClN2O2/c1-14(2,3)19-13(18)17-8-4-5-10-6-7-16-12(15)11(10)9-17/h4-7H,8-9H2,1-3H3. The molecule has 0 aliphatic carbocycles. The summed E-state index contributed by atoms with van der Waals surface area (Å²) in [6.45, 7) is 6.45. The third-order valence-electron chi connectivity index (χ3n) is 2.66. The first-order valence-corrected chi connectivity index (χ1v) is 6.52. The molecule has 1 amide bonds. The lowest BCUT2D eigenvalue weighted by molar-refractivity contribution is 0.0258. The van der Waals surface area contributed by atoms with Gasteiger partial charge in [0.15, 0.2) is 0 Å². The van der Waals surface area contributed by atoms with Gasteiger partial charge >= 0.3 is 6.09 Å². The molecule has 0 aromatic carbocycles. The Morgan fingerprint density at radius 1 is 1.47 bits per heavy atom. The number of fused-ring (bicyclic) bond motifs is 1. The van der Waals surface area contributed by atoms with Gasteiger partial charge in [-0.3, -0.25) is 0 Å². The number of amides is 1. The van der Waals surface area contributed by atoms with E-state index in [4.69, 9.17) is 16.3 Å². The lowest BCUT2D eigenvalue weighted by atomic mass is 10.1. The van der Waals surface area contributed by atoms with E-state index in [0.29, 0.717) is 18.2 Å². The molecule has 5 heteroatoms. The van der Waals surface area contributed by atoms with Crippen LogP contribution in [0.3, 0.4) is 0 Å². The van der Waals surface area contributed by atoms with Gasteiger partial charge in [-0.15, -0.1) is 0 Å². The first-order chi connectivity index (χ1) is 8.87. The Kier molecular flexibility index (Phi) is 3.80. The molecule has 0 fully saturated rings. The van der Waals surface area contributed by atoms with Gasteiger partial charge in [0.25, 0.3) is 0 Å². The van der Waals surface area contributed by atoms with E-state index < -0.39 is 5.60 Å². The molecular formula is C14H17ClN2O2. The average molecular weight is 281 g/mol. The molecule has 0 saturated carbocycles. The highest BCUT2D eigenvalue weighted by Gasteiger charge is 2.24. The minimum Gasteiger partial charge on any atom is -0.444 e. The summed E-state index contributed by atoms with van der Waals surface area (Å²) in [5, 5.41) is 0.428. The van der Waals surface area contributed by atoms with Gasteiger partial charge in [0.1, 0.15) is 10.8 Å². The minimum atomic E-state index is -0.505. The first-order valence-electron chi connectivity index (χ1n) is 6.15. The van der Waals surface area contributed by atoms with Crippen LogP contribution in [-0.2, 0) is 11.3 Å². The van der Waals surface area contributed by atoms with Crippen LogP contribution >= 0.6 is 11.6 Å². The van der Waals surface area contributed by atoms with Crippen molar-refractivity contribution in [2.45, 2.75) is 32.9 Å². The fourth-order valence-electron chi connectivity index (χ4n) is 1.82. The Balaban J connectivity index is 2.21. The number of aromatic nitrogens is 1. The van der Waals surface area contributed by atoms with Crippen LogP contribution in [0.15, 0.2) is 18.3 Å². The van der Waals surface area contributed by atoms with Crippen molar-refractivity contribution < 1.29 is 9.53 Å². The van der Waals surface area contributed by atoms with Crippen molar-refractivity contribution in [3.05, 3.63) is 34.6 Å². The Morgan fingerprint density at radius 2 is 2.21 bits per heavy atom. The van der Waals surface area contributed by atoms with Crippen LogP contribution in [0.5, 0.6) is 0 Å². The summed E-state index contributed by atoms with van der Waals surface area (Å²) < 4.78 is 5.38. The van der Waals surface area contributed by atoms with Crippen molar-refractivity contribution in [2.24, 2.45) is 0 Å². The van der Waals surface area contributed by atoms with E-state index in [-0.39, 0.29) is 6.09 Å². The van der Waals surface area contributed by atoms with E-state index in [9.17, 15) is 4.79 Å². The summed E-state index contributed by atoms with van der Waals surface area (Å²) in [6, 6.07) is 1.89. The Bertz CT molecular complexity index is 521. The number of hydrogen-bond acceptors (Lipinski definition) is 3. The molecule has 1 aromatic rings. The number of ether oxygens (including phenoxy) is 1. The highest BCUT2D eigenvalue weighted by Crippen LogP contribution is 2.24. The smallest absolute Gasteiger partial charge is 0.410 e. The maximum Gasteiger partial charge on any atom is 0.410 e. The fraction of sp³-hybridized carbons (Fsp3) is 0.429. The number of pyridine rings is 1. The predicted molar refractivity (Wildman–Crippen MR) is 74.9 cm³/mol. The molecule has 0 bridgehead atoms. The monoisotopic (exact) mass is 280 g/mol. The van der Waals surface area contributed by atoms with E-state index in [1.807, 2.05) is 39.0 Å². The number of carbonyl (C=O) groups excluding carboxylic acids is 1. The maximum absolute atomic E-state index is 12.1. The third kappa shape index (κ3) is 3.47. The van der Waals surface area contributed by atoms with Crippen molar-refractivity contribution >= 4 is 23.8 Å². The van der Waals surface area contributed by atoms with Crippen molar-refractivity contribution in [1.29, 1.82) is 0 Å². The predicted octanol–water partition coefficient (Wildman–Crippen LogP) is 3.50. The fourth-order valence-corrected chi connectivity index (χ4v) is 2.05. The average Bonchev–Trinajstić information content (AvgIpc) is 2.50. The molecule has 1 aliphatic rings. The summed E-state index contributed by atoms with van der Waals surface area (Å²) in [4.78, 5) is 17.8. The van der Waals surface area contributed by atoms with Crippen LogP contribution in [0.2, 0.25) is 5.15 Å². The first kappa shape index (κ1) is 13.9. The highest BCUT2D eigenvalue weighted by molar-refractivity contribution is 6.30. The molecule has 1 aliphatic heterocycles. The van der Waals surface area contributed by atoms with Gasteiger partial charge < -0.3 is 9.64 Å². The normalized spacial score (nSPS) is 14.8. The largest absolute Gasteiger partial charge is 0.444 e. The van der Waals surface area contributed by atoms with Crippen molar-refractivity contribution in [1.82, 2.24) is 9.88 Å². The van der Waals surface area contributed by atoms with Crippen LogP contribution in [0.25, 0.3) is 6.08 Å².